The average molecular weight is 392 g/mol. The number of rotatable bonds is 8. The number of anilines is 1. The molecule has 1 N–H and O–H groups in total. The van der Waals surface area contributed by atoms with E-state index in [1.807, 2.05) is 31.2 Å². The van der Waals surface area contributed by atoms with Crippen LogP contribution < -0.4 is 14.8 Å². The lowest BCUT2D eigenvalue weighted by Crippen LogP contribution is -2.12. The molecule has 0 atom stereocenters. The highest BCUT2D eigenvalue weighted by Crippen LogP contribution is 2.27. The Balaban J connectivity index is 2.05. The van der Waals surface area contributed by atoms with E-state index in [1.54, 1.807) is 18.2 Å². The minimum absolute atomic E-state index is 0.176. The smallest absolute Gasteiger partial charge is 0.255 e. The number of hydrogen-bond acceptors (Lipinski definition) is 3. The van der Waals surface area contributed by atoms with E-state index in [1.165, 1.54) is 0 Å². The first kappa shape index (κ1) is 18.3. The maximum Gasteiger partial charge on any atom is 0.255 e. The second-order valence-corrected chi connectivity index (χ2v) is 6.18. The van der Waals surface area contributed by atoms with Gasteiger partial charge in [-0.1, -0.05) is 19.9 Å². The highest BCUT2D eigenvalue weighted by Gasteiger charge is 2.10. The quantitative estimate of drug-likeness (QED) is 0.665. The van der Waals surface area contributed by atoms with Gasteiger partial charge in [0.1, 0.15) is 11.5 Å². The third-order valence-corrected chi connectivity index (χ3v) is 3.84. The zero-order valence-corrected chi connectivity index (χ0v) is 15.6. The van der Waals surface area contributed by atoms with Crippen LogP contribution >= 0.6 is 15.9 Å². The standard InChI is InChI=1S/C19H22BrNO3/c1-3-10-23-16-7-5-6-15(13-16)21-19(22)14-8-9-18(17(20)12-14)24-11-4-2/h5-9,12-13H,3-4,10-11H2,1-2H3,(H,21,22). The molecule has 0 aliphatic rings. The lowest BCUT2D eigenvalue weighted by Gasteiger charge is -2.10. The van der Waals surface area contributed by atoms with Gasteiger partial charge in [-0.15, -0.1) is 0 Å². The molecule has 2 aromatic carbocycles. The van der Waals surface area contributed by atoms with Crippen LogP contribution in [0.2, 0.25) is 0 Å². The van der Waals surface area contributed by atoms with Crippen LogP contribution in [0.3, 0.4) is 0 Å². The molecule has 2 aromatic rings. The van der Waals surface area contributed by atoms with Crippen LogP contribution in [0, 0.1) is 0 Å². The highest BCUT2D eigenvalue weighted by atomic mass is 79.9. The Bertz CT molecular complexity index is 688. The van der Waals surface area contributed by atoms with Gasteiger partial charge in [0, 0.05) is 17.3 Å². The first-order valence-corrected chi connectivity index (χ1v) is 8.90. The van der Waals surface area contributed by atoms with Crippen LogP contribution in [0.5, 0.6) is 11.5 Å². The molecule has 2 rings (SSSR count). The summed E-state index contributed by atoms with van der Waals surface area (Å²) in [7, 11) is 0. The second-order valence-electron chi connectivity index (χ2n) is 5.32. The van der Waals surface area contributed by atoms with Crippen LogP contribution in [0.1, 0.15) is 37.0 Å². The average Bonchev–Trinajstić information content (AvgIpc) is 2.59. The van der Waals surface area contributed by atoms with E-state index < -0.39 is 0 Å². The summed E-state index contributed by atoms with van der Waals surface area (Å²) in [6.45, 7) is 5.41. The van der Waals surface area contributed by atoms with Crippen molar-refractivity contribution in [3.63, 3.8) is 0 Å². The SMILES string of the molecule is CCCOc1cccc(NC(=O)c2ccc(OCCC)c(Br)c2)c1. The number of benzene rings is 2. The van der Waals surface area contributed by atoms with Gasteiger partial charge >= 0.3 is 0 Å². The Kier molecular flexibility index (Phi) is 7.12. The number of ether oxygens (including phenoxy) is 2. The molecule has 0 saturated heterocycles. The van der Waals surface area contributed by atoms with Crippen LogP contribution in [0.4, 0.5) is 5.69 Å². The molecule has 0 saturated carbocycles. The van der Waals surface area contributed by atoms with Crippen molar-refractivity contribution in [3.05, 3.63) is 52.5 Å². The van der Waals surface area contributed by atoms with Gasteiger partial charge in [0.05, 0.1) is 17.7 Å². The summed E-state index contributed by atoms with van der Waals surface area (Å²) < 4.78 is 11.9. The maximum atomic E-state index is 12.4. The molecule has 0 unspecified atom stereocenters. The predicted molar refractivity (Wildman–Crippen MR) is 100 cm³/mol. The molecule has 0 radical (unpaired) electrons. The number of amides is 1. The number of hydrogen-bond donors (Lipinski definition) is 1. The lowest BCUT2D eigenvalue weighted by molar-refractivity contribution is 0.102. The van der Waals surface area contributed by atoms with Crippen molar-refractivity contribution in [2.45, 2.75) is 26.7 Å². The van der Waals surface area contributed by atoms with Gasteiger partial charge in [0.15, 0.2) is 0 Å². The summed E-state index contributed by atoms with van der Waals surface area (Å²) in [6.07, 6.45) is 1.88. The fourth-order valence-corrected chi connectivity index (χ4v) is 2.55. The molecule has 5 heteroatoms. The summed E-state index contributed by atoms with van der Waals surface area (Å²) in [4.78, 5) is 12.4. The summed E-state index contributed by atoms with van der Waals surface area (Å²) >= 11 is 3.45. The van der Waals surface area contributed by atoms with E-state index in [2.05, 4.69) is 28.2 Å². The van der Waals surface area contributed by atoms with Crippen molar-refractivity contribution in [1.82, 2.24) is 0 Å². The minimum Gasteiger partial charge on any atom is -0.494 e. The molecule has 0 fully saturated rings. The topological polar surface area (TPSA) is 47.6 Å². The van der Waals surface area contributed by atoms with Crippen molar-refractivity contribution >= 4 is 27.5 Å². The zero-order valence-electron chi connectivity index (χ0n) is 14.0. The van der Waals surface area contributed by atoms with E-state index in [4.69, 9.17) is 9.47 Å². The first-order valence-electron chi connectivity index (χ1n) is 8.10. The van der Waals surface area contributed by atoms with E-state index in [9.17, 15) is 4.79 Å². The van der Waals surface area contributed by atoms with Gasteiger partial charge in [-0.05, 0) is 59.1 Å². The van der Waals surface area contributed by atoms with Gasteiger partial charge in [0.25, 0.3) is 5.91 Å². The predicted octanol–water partition coefficient (Wildman–Crippen LogP) is 5.28. The van der Waals surface area contributed by atoms with Crippen LogP contribution in [0.25, 0.3) is 0 Å². The molecular formula is C19H22BrNO3. The maximum absolute atomic E-state index is 12.4. The summed E-state index contributed by atoms with van der Waals surface area (Å²) in [5.41, 5.74) is 1.27. The molecule has 0 heterocycles. The van der Waals surface area contributed by atoms with Crippen molar-refractivity contribution in [1.29, 1.82) is 0 Å². The van der Waals surface area contributed by atoms with Crippen molar-refractivity contribution in [2.24, 2.45) is 0 Å². The zero-order chi connectivity index (χ0) is 17.4. The number of carbonyl (C=O) groups excluding carboxylic acids is 1. The van der Waals surface area contributed by atoms with Gasteiger partial charge in [-0.2, -0.15) is 0 Å². The molecule has 128 valence electrons. The highest BCUT2D eigenvalue weighted by molar-refractivity contribution is 9.10. The molecule has 24 heavy (non-hydrogen) atoms. The molecule has 0 aliphatic heterocycles. The third-order valence-electron chi connectivity index (χ3n) is 3.22. The molecule has 4 nitrogen and oxygen atoms in total. The van der Waals surface area contributed by atoms with E-state index in [0.29, 0.717) is 24.5 Å². The Morgan fingerprint density at radius 2 is 1.79 bits per heavy atom. The van der Waals surface area contributed by atoms with E-state index in [0.717, 1.165) is 28.8 Å². The van der Waals surface area contributed by atoms with E-state index in [-0.39, 0.29) is 5.91 Å². The largest absolute Gasteiger partial charge is 0.494 e. The Labute approximate surface area is 151 Å². The second kappa shape index (κ2) is 9.33. The fourth-order valence-electron chi connectivity index (χ4n) is 2.06. The molecule has 0 bridgehead atoms. The number of carbonyl (C=O) groups is 1. The monoisotopic (exact) mass is 391 g/mol. The van der Waals surface area contributed by atoms with Gasteiger partial charge in [-0.25, -0.2) is 0 Å². The van der Waals surface area contributed by atoms with E-state index >= 15 is 0 Å². The first-order chi connectivity index (χ1) is 11.6. The molecule has 0 aromatic heterocycles. The molecular weight excluding hydrogens is 370 g/mol. The van der Waals surface area contributed by atoms with Crippen LogP contribution in [0.15, 0.2) is 46.9 Å². The van der Waals surface area contributed by atoms with Crippen molar-refractivity contribution < 1.29 is 14.3 Å². The van der Waals surface area contributed by atoms with Crippen LogP contribution in [-0.4, -0.2) is 19.1 Å². The lowest BCUT2D eigenvalue weighted by atomic mass is 10.2. The normalized spacial score (nSPS) is 10.3. The Hall–Kier alpha value is -2.01. The summed E-state index contributed by atoms with van der Waals surface area (Å²) in [5, 5.41) is 2.88. The van der Waals surface area contributed by atoms with Crippen molar-refractivity contribution in [2.75, 3.05) is 18.5 Å². The van der Waals surface area contributed by atoms with Crippen LogP contribution in [-0.2, 0) is 0 Å². The Morgan fingerprint density at radius 3 is 2.50 bits per heavy atom. The van der Waals surface area contributed by atoms with Crippen molar-refractivity contribution in [3.8, 4) is 11.5 Å². The third kappa shape index (κ3) is 5.27. The summed E-state index contributed by atoms with van der Waals surface area (Å²) in [6, 6.07) is 12.7. The van der Waals surface area contributed by atoms with Gasteiger partial charge in [-0.3, -0.25) is 4.79 Å². The molecule has 1 amide bonds. The van der Waals surface area contributed by atoms with Gasteiger partial charge in [0.2, 0.25) is 0 Å². The summed E-state index contributed by atoms with van der Waals surface area (Å²) in [5.74, 6) is 1.31. The minimum atomic E-state index is -0.176. The number of halogens is 1. The molecule has 0 spiro atoms. The molecule has 0 aliphatic carbocycles. The Morgan fingerprint density at radius 1 is 1.04 bits per heavy atom. The van der Waals surface area contributed by atoms with Gasteiger partial charge < -0.3 is 14.8 Å². The number of nitrogens with one attached hydrogen (secondary N) is 1. The fraction of sp³-hybridized carbons (Fsp3) is 0.316.